The molecule has 1 atom stereocenters. The lowest BCUT2D eigenvalue weighted by atomic mass is 9.97. The average Bonchev–Trinajstić information content (AvgIpc) is 2.45. The molecule has 0 radical (unpaired) electrons. The molecule has 0 spiro atoms. The van der Waals surface area contributed by atoms with E-state index in [2.05, 4.69) is 58.2 Å². The molecule has 1 N–H and O–H groups in total. The molecule has 20 heavy (non-hydrogen) atoms. The van der Waals surface area contributed by atoms with Crippen molar-refractivity contribution in [1.82, 2.24) is 5.32 Å². The topological polar surface area (TPSA) is 39.1 Å². The summed E-state index contributed by atoms with van der Waals surface area (Å²) < 4.78 is 0.889. The maximum atomic E-state index is 8.98. The first-order chi connectivity index (χ1) is 9.60. The first-order valence-corrected chi connectivity index (χ1v) is 8.07. The highest BCUT2D eigenvalue weighted by Gasteiger charge is 2.20. The van der Waals surface area contributed by atoms with E-state index in [0.717, 1.165) is 24.1 Å². The molecular weight excluding hydrogens is 314 g/mol. The number of benzene rings is 1. The number of hydrogen-bond acceptors (Lipinski definition) is 3. The summed E-state index contributed by atoms with van der Waals surface area (Å²) in [5.41, 5.74) is 1.91. The predicted octanol–water partition coefficient (Wildman–Crippen LogP) is 3.54. The third kappa shape index (κ3) is 3.97. The van der Waals surface area contributed by atoms with Crippen molar-refractivity contribution >= 4 is 21.6 Å². The molecular formula is C16H22BrN3. The molecule has 0 aliphatic carbocycles. The summed E-state index contributed by atoms with van der Waals surface area (Å²) >= 11 is 3.48. The molecule has 3 nitrogen and oxygen atoms in total. The molecule has 1 aromatic rings. The van der Waals surface area contributed by atoms with Gasteiger partial charge in [0, 0.05) is 29.3 Å². The van der Waals surface area contributed by atoms with E-state index in [-0.39, 0.29) is 0 Å². The minimum absolute atomic E-state index is 0.550. The zero-order chi connectivity index (χ0) is 14.5. The smallest absolute Gasteiger partial charge is 0.100 e. The van der Waals surface area contributed by atoms with Crippen LogP contribution in [0.3, 0.4) is 0 Å². The maximum Gasteiger partial charge on any atom is 0.100 e. The highest BCUT2D eigenvalue weighted by atomic mass is 79.9. The Morgan fingerprint density at radius 2 is 2.30 bits per heavy atom. The van der Waals surface area contributed by atoms with Crippen LogP contribution in [0.4, 0.5) is 5.69 Å². The van der Waals surface area contributed by atoms with Crippen LogP contribution < -0.4 is 10.2 Å². The minimum Gasteiger partial charge on any atom is -0.371 e. The van der Waals surface area contributed by atoms with Gasteiger partial charge in [0.2, 0.25) is 0 Å². The third-order valence-corrected chi connectivity index (χ3v) is 4.43. The Hall–Kier alpha value is -1.05. The summed E-state index contributed by atoms with van der Waals surface area (Å²) in [7, 11) is 0. The lowest BCUT2D eigenvalue weighted by molar-refractivity contribution is 0.379. The molecule has 1 saturated heterocycles. The van der Waals surface area contributed by atoms with Crippen molar-refractivity contribution in [3.8, 4) is 6.07 Å². The summed E-state index contributed by atoms with van der Waals surface area (Å²) in [4.78, 5) is 2.43. The van der Waals surface area contributed by atoms with Gasteiger partial charge in [-0.05, 0) is 59.4 Å². The second-order valence-electron chi connectivity index (χ2n) is 5.79. The molecule has 0 aromatic heterocycles. The Kier molecular flexibility index (Phi) is 5.45. The zero-order valence-corrected chi connectivity index (χ0v) is 13.8. The molecule has 1 aliphatic heterocycles. The molecule has 1 heterocycles. The van der Waals surface area contributed by atoms with Crippen LogP contribution in [0.25, 0.3) is 0 Å². The summed E-state index contributed by atoms with van der Waals surface area (Å²) in [6, 6.07) is 8.76. The van der Waals surface area contributed by atoms with Crippen molar-refractivity contribution in [3.63, 3.8) is 0 Å². The number of piperidine rings is 1. The van der Waals surface area contributed by atoms with Gasteiger partial charge >= 0.3 is 0 Å². The normalized spacial score (nSPS) is 19.1. The van der Waals surface area contributed by atoms with Gasteiger partial charge in [-0.2, -0.15) is 5.26 Å². The zero-order valence-electron chi connectivity index (χ0n) is 12.2. The Morgan fingerprint density at radius 3 is 2.95 bits per heavy atom. The monoisotopic (exact) mass is 335 g/mol. The van der Waals surface area contributed by atoms with Crippen LogP contribution in [0.1, 0.15) is 32.3 Å². The van der Waals surface area contributed by atoms with Gasteiger partial charge in [0.1, 0.15) is 6.07 Å². The van der Waals surface area contributed by atoms with Crippen molar-refractivity contribution in [2.24, 2.45) is 5.92 Å². The Balaban J connectivity index is 2.01. The van der Waals surface area contributed by atoms with E-state index in [1.807, 2.05) is 6.07 Å². The van der Waals surface area contributed by atoms with Crippen LogP contribution in [0.2, 0.25) is 0 Å². The fraction of sp³-hybridized carbons (Fsp3) is 0.562. The van der Waals surface area contributed by atoms with Gasteiger partial charge < -0.3 is 10.2 Å². The SMILES string of the molecule is CC(C)NCC1CCCN(c2ccc(C#N)c(Br)c2)C1. The maximum absolute atomic E-state index is 8.98. The second kappa shape index (κ2) is 7.10. The molecule has 4 heteroatoms. The van der Waals surface area contributed by atoms with Gasteiger partial charge in [-0.3, -0.25) is 0 Å². The Morgan fingerprint density at radius 1 is 1.50 bits per heavy atom. The number of rotatable bonds is 4. The van der Waals surface area contributed by atoms with E-state index in [9.17, 15) is 0 Å². The highest BCUT2D eigenvalue weighted by Crippen LogP contribution is 2.27. The van der Waals surface area contributed by atoms with Crippen LogP contribution in [0.15, 0.2) is 22.7 Å². The van der Waals surface area contributed by atoms with Crippen LogP contribution in [0.5, 0.6) is 0 Å². The van der Waals surface area contributed by atoms with Crippen molar-refractivity contribution in [2.45, 2.75) is 32.7 Å². The van der Waals surface area contributed by atoms with Gasteiger partial charge in [0.05, 0.1) is 5.56 Å². The molecule has 0 bridgehead atoms. The predicted molar refractivity (Wildman–Crippen MR) is 86.9 cm³/mol. The average molecular weight is 336 g/mol. The van der Waals surface area contributed by atoms with Crippen LogP contribution in [-0.2, 0) is 0 Å². The van der Waals surface area contributed by atoms with Crippen molar-refractivity contribution in [1.29, 1.82) is 5.26 Å². The standard InChI is InChI=1S/C16H22BrN3/c1-12(2)19-10-13-4-3-7-20(11-13)15-6-5-14(9-18)16(17)8-15/h5-6,8,12-13,19H,3-4,7,10-11H2,1-2H3. The van der Waals surface area contributed by atoms with E-state index in [4.69, 9.17) is 5.26 Å². The Labute approximate surface area is 130 Å². The van der Waals surface area contributed by atoms with Gasteiger partial charge in [0.25, 0.3) is 0 Å². The number of nitrogens with zero attached hydrogens (tertiary/aromatic N) is 2. The van der Waals surface area contributed by atoms with Crippen LogP contribution in [-0.4, -0.2) is 25.7 Å². The van der Waals surface area contributed by atoms with E-state index >= 15 is 0 Å². The summed E-state index contributed by atoms with van der Waals surface area (Å²) in [5.74, 6) is 0.709. The molecule has 108 valence electrons. The van der Waals surface area contributed by atoms with Gasteiger partial charge in [-0.25, -0.2) is 0 Å². The largest absolute Gasteiger partial charge is 0.371 e. The summed E-state index contributed by atoms with van der Waals surface area (Å²) in [5, 5.41) is 12.5. The van der Waals surface area contributed by atoms with Crippen LogP contribution >= 0.6 is 15.9 Å². The van der Waals surface area contributed by atoms with Crippen LogP contribution in [0, 0.1) is 17.2 Å². The molecule has 0 saturated carbocycles. The van der Waals surface area contributed by atoms with Crippen molar-refractivity contribution in [2.75, 3.05) is 24.5 Å². The molecule has 1 aromatic carbocycles. The number of halogens is 1. The van der Waals surface area contributed by atoms with E-state index < -0.39 is 0 Å². The lowest BCUT2D eigenvalue weighted by Crippen LogP contribution is -2.41. The molecule has 0 amide bonds. The van der Waals surface area contributed by atoms with Crippen molar-refractivity contribution < 1.29 is 0 Å². The number of anilines is 1. The van der Waals surface area contributed by atoms with Crippen molar-refractivity contribution in [3.05, 3.63) is 28.2 Å². The lowest BCUT2D eigenvalue weighted by Gasteiger charge is -2.35. The fourth-order valence-electron chi connectivity index (χ4n) is 2.66. The van der Waals surface area contributed by atoms with Gasteiger partial charge in [-0.15, -0.1) is 0 Å². The molecule has 1 fully saturated rings. The molecule has 1 aliphatic rings. The Bertz CT molecular complexity index is 493. The number of hydrogen-bond donors (Lipinski definition) is 1. The van der Waals surface area contributed by atoms with E-state index in [1.54, 1.807) is 0 Å². The highest BCUT2D eigenvalue weighted by molar-refractivity contribution is 9.10. The van der Waals surface area contributed by atoms with E-state index in [0.29, 0.717) is 17.5 Å². The van der Waals surface area contributed by atoms with Gasteiger partial charge in [-0.1, -0.05) is 13.8 Å². The fourth-order valence-corrected chi connectivity index (χ4v) is 3.12. The molecule has 1 unspecified atom stereocenters. The first kappa shape index (κ1) is 15.3. The summed E-state index contributed by atoms with van der Waals surface area (Å²) in [6.45, 7) is 7.68. The van der Waals surface area contributed by atoms with E-state index in [1.165, 1.54) is 18.5 Å². The first-order valence-electron chi connectivity index (χ1n) is 7.28. The third-order valence-electron chi connectivity index (χ3n) is 3.77. The second-order valence-corrected chi connectivity index (χ2v) is 6.65. The number of nitrogens with one attached hydrogen (secondary N) is 1. The summed E-state index contributed by atoms with van der Waals surface area (Å²) in [6.07, 6.45) is 2.54. The quantitative estimate of drug-likeness (QED) is 0.914. The van der Waals surface area contributed by atoms with Gasteiger partial charge in [0.15, 0.2) is 0 Å². The number of nitriles is 1. The molecule has 2 rings (SSSR count). The minimum atomic E-state index is 0.550.